The van der Waals surface area contributed by atoms with Gasteiger partial charge in [0, 0.05) is 12.1 Å². The third kappa shape index (κ3) is 3.91. The molecule has 0 aliphatic heterocycles. The lowest BCUT2D eigenvalue weighted by Crippen LogP contribution is -2.42. The number of benzene rings is 1. The van der Waals surface area contributed by atoms with Gasteiger partial charge >= 0.3 is 0 Å². The van der Waals surface area contributed by atoms with Crippen LogP contribution in [-0.4, -0.2) is 21.7 Å². The second-order valence-corrected chi connectivity index (χ2v) is 6.54. The first-order valence-electron chi connectivity index (χ1n) is 8.56. The highest BCUT2D eigenvalue weighted by molar-refractivity contribution is 5.92. The van der Waals surface area contributed by atoms with Crippen molar-refractivity contribution in [1.82, 2.24) is 15.1 Å². The molecule has 1 saturated carbocycles. The second-order valence-electron chi connectivity index (χ2n) is 6.54. The molecule has 2 aromatic rings. The van der Waals surface area contributed by atoms with Gasteiger partial charge in [-0.05, 0) is 30.4 Å². The van der Waals surface area contributed by atoms with Gasteiger partial charge in [-0.2, -0.15) is 5.10 Å². The second kappa shape index (κ2) is 7.43. The Kier molecular flexibility index (Phi) is 5.08. The quantitative estimate of drug-likeness (QED) is 0.940. The maximum atomic E-state index is 12.5. The van der Waals surface area contributed by atoms with Crippen LogP contribution in [0.4, 0.5) is 0 Å². The summed E-state index contributed by atoms with van der Waals surface area (Å²) < 4.78 is 1.34. The Bertz CT molecular complexity index is 755. The van der Waals surface area contributed by atoms with Crippen molar-refractivity contribution in [2.24, 2.45) is 5.92 Å². The van der Waals surface area contributed by atoms with Crippen LogP contribution in [0, 0.1) is 5.92 Å². The SMILES string of the molecule is C[C@H]1CCCC[C@@H]1NC(=O)c1ccc(=O)n(Cc2ccccc2)n1. The number of carbonyl (C=O) groups is 1. The van der Waals surface area contributed by atoms with Gasteiger partial charge in [0.2, 0.25) is 0 Å². The van der Waals surface area contributed by atoms with Crippen molar-refractivity contribution < 1.29 is 4.79 Å². The van der Waals surface area contributed by atoms with Gasteiger partial charge in [-0.15, -0.1) is 0 Å². The summed E-state index contributed by atoms with van der Waals surface area (Å²) in [4.78, 5) is 24.5. The molecular weight excluding hydrogens is 302 g/mol. The molecule has 1 amide bonds. The summed E-state index contributed by atoms with van der Waals surface area (Å²) in [5, 5.41) is 7.33. The maximum absolute atomic E-state index is 12.5. The van der Waals surface area contributed by atoms with E-state index in [-0.39, 0.29) is 17.5 Å². The highest BCUT2D eigenvalue weighted by atomic mass is 16.2. The molecule has 0 radical (unpaired) electrons. The van der Waals surface area contributed by atoms with Crippen LogP contribution in [0.25, 0.3) is 0 Å². The van der Waals surface area contributed by atoms with Crippen molar-refractivity contribution in [1.29, 1.82) is 0 Å². The molecule has 0 saturated heterocycles. The third-order valence-electron chi connectivity index (χ3n) is 4.70. The molecule has 2 atom stereocenters. The molecule has 1 fully saturated rings. The summed E-state index contributed by atoms with van der Waals surface area (Å²) >= 11 is 0. The van der Waals surface area contributed by atoms with E-state index in [1.54, 1.807) is 0 Å². The Morgan fingerprint density at radius 2 is 1.92 bits per heavy atom. The minimum atomic E-state index is -0.207. The Labute approximate surface area is 141 Å². The van der Waals surface area contributed by atoms with Gasteiger partial charge in [0.1, 0.15) is 5.69 Å². The zero-order valence-electron chi connectivity index (χ0n) is 13.9. The largest absolute Gasteiger partial charge is 0.348 e. The van der Waals surface area contributed by atoms with Crippen LogP contribution in [0.15, 0.2) is 47.3 Å². The van der Waals surface area contributed by atoms with Gasteiger partial charge in [-0.3, -0.25) is 9.59 Å². The Balaban J connectivity index is 1.75. The summed E-state index contributed by atoms with van der Waals surface area (Å²) in [6.07, 6.45) is 4.53. The van der Waals surface area contributed by atoms with Gasteiger partial charge < -0.3 is 5.32 Å². The molecule has 1 heterocycles. The van der Waals surface area contributed by atoms with Crippen LogP contribution in [0.2, 0.25) is 0 Å². The van der Waals surface area contributed by atoms with Crippen molar-refractivity contribution in [3.8, 4) is 0 Å². The molecule has 3 rings (SSSR count). The highest BCUT2D eigenvalue weighted by Gasteiger charge is 2.23. The molecule has 1 aliphatic rings. The van der Waals surface area contributed by atoms with E-state index in [9.17, 15) is 9.59 Å². The topological polar surface area (TPSA) is 64.0 Å². The molecule has 0 bridgehead atoms. The third-order valence-corrected chi connectivity index (χ3v) is 4.70. The summed E-state index contributed by atoms with van der Waals surface area (Å²) in [5.74, 6) is 0.286. The molecule has 1 aromatic carbocycles. The Hall–Kier alpha value is -2.43. The first kappa shape index (κ1) is 16.4. The van der Waals surface area contributed by atoms with Crippen LogP contribution < -0.4 is 10.9 Å². The van der Waals surface area contributed by atoms with Crippen molar-refractivity contribution in [2.45, 2.75) is 45.2 Å². The minimum Gasteiger partial charge on any atom is -0.348 e. The lowest BCUT2D eigenvalue weighted by atomic mass is 9.86. The van der Waals surface area contributed by atoms with E-state index in [2.05, 4.69) is 17.3 Å². The van der Waals surface area contributed by atoms with Crippen LogP contribution >= 0.6 is 0 Å². The van der Waals surface area contributed by atoms with Crippen LogP contribution in [0.5, 0.6) is 0 Å². The van der Waals surface area contributed by atoms with Crippen molar-refractivity contribution in [2.75, 3.05) is 0 Å². The Morgan fingerprint density at radius 3 is 2.67 bits per heavy atom. The first-order chi connectivity index (χ1) is 11.6. The fourth-order valence-electron chi connectivity index (χ4n) is 3.21. The van der Waals surface area contributed by atoms with Gasteiger partial charge in [0.25, 0.3) is 11.5 Å². The Morgan fingerprint density at radius 1 is 1.17 bits per heavy atom. The minimum absolute atomic E-state index is 0.197. The molecular formula is C19H23N3O2. The number of nitrogens with zero attached hydrogens (tertiary/aromatic N) is 2. The summed E-state index contributed by atoms with van der Waals surface area (Å²) in [7, 11) is 0. The normalized spacial score (nSPS) is 20.5. The van der Waals surface area contributed by atoms with Gasteiger partial charge in [0.15, 0.2) is 0 Å². The number of carbonyl (C=O) groups excluding carboxylic acids is 1. The molecule has 126 valence electrons. The fraction of sp³-hybridized carbons (Fsp3) is 0.421. The maximum Gasteiger partial charge on any atom is 0.271 e. The molecule has 0 spiro atoms. The molecule has 1 aliphatic carbocycles. The number of aromatic nitrogens is 2. The lowest BCUT2D eigenvalue weighted by molar-refractivity contribution is 0.0902. The highest BCUT2D eigenvalue weighted by Crippen LogP contribution is 2.23. The van der Waals surface area contributed by atoms with Gasteiger partial charge in [-0.25, -0.2) is 4.68 Å². The van der Waals surface area contributed by atoms with Crippen LogP contribution in [-0.2, 0) is 6.54 Å². The van der Waals surface area contributed by atoms with E-state index in [0.717, 1.165) is 24.8 Å². The summed E-state index contributed by atoms with van der Waals surface area (Å²) in [6, 6.07) is 12.7. The molecule has 5 heteroatoms. The number of nitrogens with one attached hydrogen (secondary N) is 1. The monoisotopic (exact) mass is 325 g/mol. The summed E-state index contributed by atoms with van der Waals surface area (Å²) in [5.41, 5.74) is 1.07. The lowest BCUT2D eigenvalue weighted by Gasteiger charge is -2.29. The first-order valence-corrected chi connectivity index (χ1v) is 8.56. The number of hydrogen-bond donors (Lipinski definition) is 1. The van der Waals surface area contributed by atoms with Crippen molar-refractivity contribution >= 4 is 5.91 Å². The van der Waals surface area contributed by atoms with E-state index >= 15 is 0 Å². The molecule has 0 unspecified atom stereocenters. The zero-order chi connectivity index (χ0) is 16.9. The van der Waals surface area contributed by atoms with Crippen molar-refractivity contribution in [3.05, 3.63) is 64.1 Å². The van der Waals surface area contributed by atoms with Crippen LogP contribution in [0.1, 0.15) is 48.7 Å². The zero-order valence-corrected chi connectivity index (χ0v) is 13.9. The number of amides is 1. The average Bonchev–Trinajstić information content (AvgIpc) is 2.60. The van der Waals surface area contributed by atoms with Gasteiger partial charge in [0.05, 0.1) is 6.54 Å². The number of rotatable bonds is 4. The summed E-state index contributed by atoms with van der Waals surface area (Å²) in [6.45, 7) is 2.54. The average molecular weight is 325 g/mol. The van der Waals surface area contributed by atoms with Crippen molar-refractivity contribution in [3.63, 3.8) is 0 Å². The van der Waals surface area contributed by atoms with E-state index in [0.29, 0.717) is 18.2 Å². The standard InChI is InChI=1S/C19H23N3O2/c1-14-7-5-6-10-16(14)20-19(24)17-11-12-18(23)22(21-17)13-15-8-3-2-4-9-15/h2-4,8-9,11-12,14,16H,5-7,10,13H2,1H3,(H,20,24)/t14-,16-/m0/s1. The molecule has 1 N–H and O–H groups in total. The molecule has 24 heavy (non-hydrogen) atoms. The smallest absolute Gasteiger partial charge is 0.271 e. The van der Waals surface area contributed by atoms with E-state index in [4.69, 9.17) is 0 Å². The molecule has 1 aromatic heterocycles. The predicted molar refractivity (Wildman–Crippen MR) is 92.9 cm³/mol. The van der Waals surface area contributed by atoms with Gasteiger partial charge in [-0.1, -0.05) is 50.1 Å². The molecule has 5 nitrogen and oxygen atoms in total. The fourth-order valence-corrected chi connectivity index (χ4v) is 3.21. The predicted octanol–water partition coefficient (Wildman–Crippen LogP) is 2.60. The number of hydrogen-bond acceptors (Lipinski definition) is 3. The van der Waals surface area contributed by atoms with E-state index < -0.39 is 0 Å². The van der Waals surface area contributed by atoms with E-state index in [1.165, 1.54) is 23.2 Å². The van der Waals surface area contributed by atoms with Crippen LogP contribution in [0.3, 0.4) is 0 Å². The van der Waals surface area contributed by atoms with E-state index in [1.807, 2.05) is 30.3 Å².